The van der Waals surface area contributed by atoms with E-state index in [9.17, 15) is 8.42 Å². The van der Waals surface area contributed by atoms with Gasteiger partial charge in [0.15, 0.2) is 5.76 Å². The van der Waals surface area contributed by atoms with Gasteiger partial charge >= 0.3 is 0 Å². The average molecular weight is 435 g/mol. The molecule has 9 heteroatoms. The molecule has 0 spiro atoms. The number of pyridine rings is 1. The molecular weight excluding hydrogens is 412 g/mol. The molecule has 2 aromatic heterocycles. The Morgan fingerprint density at radius 1 is 1.14 bits per heavy atom. The maximum atomic E-state index is 13.1. The first kappa shape index (κ1) is 20.3. The molecule has 3 heterocycles. The van der Waals surface area contributed by atoms with Gasteiger partial charge in [-0.2, -0.15) is 4.31 Å². The summed E-state index contributed by atoms with van der Waals surface area (Å²) in [5.74, 6) is 0.335. The van der Waals surface area contributed by atoms with Crippen molar-refractivity contribution >= 4 is 32.5 Å². The lowest BCUT2D eigenvalue weighted by Crippen LogP contribution is -2.35. The summed E-state index contributed by atoms with van der Waals surface area (Å²) >= 11 is 6.30. The first-order valence-electron chi connectivity index (χ1n) is 9.55. The monoisotopic (exact) mass is 434 g/mol. The van der Waals surface area contributed by atoms with E-state index in [2.05, 4.69) is 15.0 Å². The zero-order valence-electron chi connectivity index (χ0n) is 16.4. The summed E-state index contributed by atoms with van der Waals surface area (Å²) in [6.07, 6.45) is 2.52. The number of aromatic nitrogens is 2. The number of benzene rings is 1. The van der Waals surface area contributed by atoms with E-state index >= 15 is 0 Å². The zero-order valence-corrected chi connectivity index (χ0v) is 18.0. The molecule has 0 unspecified atom stereocenters. The van der Waals surface area contributed by atoms with Crippen molar-refractivity contribution in [3.8, 4) is 0 Å². The SMILES string of the molecule is Cc1noc(C)c1S(=O)(=O)N1CCCN(Cc2ccc(Cl)c3cccnc23)CC1. The normalized spacial score (nSPS) is 16.9. The fraction of sp³-hybridized carbons (Fsp3) is 0.400. The Balaban J connectivity index is 1.53. The van der Waals surface area contributed by atoms with Gasteiger partial charge in [0.25, 0.3) is 0 Å². The second-order valence-corrected chi connectivity index (χ2v) is 9.58. The number of fused-ring (bicyclic) bond motifs is 1. The fourth-order valence-electron chi connectivity index (χ4n) is 3.88. The molecule has 0 bridgehead atoms. The summed E-state index contributed by atoms with van der Waals surface area (Å²) in [5, 5.41) is 5.42. The van der Waals surface area contributed by atoms with Gasteiger partial charge in [-0.25, -0.2) is 8.42 Å². The molecule has 0 atom stereocenters. The van der Waals surface area contributed by atoms with Crippen molar-refractivity contribution in [3.05, 3.63) is 52.5 Å². The topological polar surface area (TPSA) is 79.5 Å². The van der Waals surface area contributed by atoms with E-state index in [0.717, 1.165) is 29.4 Å². The van der Waals surface area contributed by atoms with Crippen molar-refractivity contribution in [3.63, 3.8) is 0 Å². The van der Waals surface area contributed by atoms with Crippen molar-refractivity contribution in [2.45, 2.75) is 31.7 Å². The van der Waals surface area contributed by atoms with E-state index in [1.54, 1.807) is 20.0 Å². The molecule has 1 aromatic carbocycles. The van der Waals surface area contributed by atoms with Gasteiger partial charge in [-0.3, -0.25) is 9.88 Å². The van der Waals surface area contributed by atoms with Gasteiger partial charge in [0.1, 0.15) is 10.6 Å². The van der Waals surface area contributed by atoms with Crippen LogP contribution in [0.3, 0.4) is 0 Å². The lowest BCUT2D eigenvalue weighted by molar-refractivity contribution is 0.279. The summed E-state index contributed by atoms with van der Waals surface area (Å²) in [7, 11) is -3.62. The molecule has 29 heavy (non-hydrogen) atoms. The minimum absolute atomic E-state index is 0.193. The predicted molar refractivity (Wildman–Crippen MR) is 111 cm³/mol. The average Bonchev–Trinajstić information content (AvgIpc) is 2.90. The minimum Gasteiger partial charge on any atom is -0.360 e. The van der Waals surface area contributed by atoms with E-state index in [1.807, 2.05) is 24.3 Å². The van der Waals surface area contributed by atoms with Crippen molar-refractivity contribution in [1.29, 1.82) is 0 Å². The maximum absolute atomic E-state index is 13.1. The van der Waals surface area contributed by atoms with E-state index < -0.39 is 10.0 Å². The van der Waals surface area contributed by atoms with Crippen LogP contribution in [0.2, 0.25) is 5.02 Å². The predicted octanol–water partition coefficient (Wildman–Crippen LogP) is 3.39. The number of halogens is 1. The Morgan fingerprint density at radius 2 is 1.97 bits per heavy atom. The second kappa shape index (κ2) is 8.02. The Bertz CT molecular complexity index is 1130. The minimum atomic E-state index is -3.62. The standard InChI is InChI=1S/C20H23ClN4O3S/c1-14-20(15(2)28-23-14)29(26,27)25-10-4-9-24(11-12-25)13-16-6-7-18(21)17-5-3-8-22-19(16)17/h3,5-8H,4,9-13H2,1-2H3. The highest BCUT2D eigenvalue weighted by Crippen LogP contribution is 2.27. The van der Waals surface area contributed by atoms with Gasteiger partial charge in [0, 0.05) is 42.8 Å². The van der Waals surface area contributed by atoms with Crippen LogP contribution in [0.5, 0.6) is 0 Å². The number of aryl methyl sites for hydroxylation is 2. The van der Waals surface area contributed by atoms with E-state index in [-0.39, 0.29) is 4.90 Å². The summed E-state index contributed by atoms with van der Waals surface area (Å²) < 4.78 is 32.8. The Morgan fingerprint density at radius 3 is 2.72 bits per heavy atom. The number of hydrogen-bond donors (Lipinski definition) is 0. The highest BCUT2D eigenvalue weighted by Gasteiger charge is 2.32. The van der Waals surface area contributed by atoms with Crippen LogP contribution in [0.4, 0.5) is 0 Å². The van der Waals surface area contributed by atoms with E-state index in [4.69, 9.17) is 16.1 Å². The van der Waals surface area contributed by atoms with Crippen LogP contribution in [-0.4, -0.2) is 53.9 Å². The molecule has 3 aromatic rings. The summed E-state index contributed by atoms with van der Waals surface area (Å²) in [5.41, 5.74) is 2.39. The molecule has 0 amide bonds. The van der Waals surface area contributed by atoms with E-state index in [0.29, 0.717) is 42.7 Å². The third-order valence-corrected chi connectivity index (χ3v) is 7.78. The van der Waals surface area contributed by atoms with Gasteiger partial charge in [0.2, 0.25) is 10.0 Å². The third-order valence-electron chi connectivity index (χ3n) is 5.31. The number of hydrogen-bond acceptors (Lipinski definition) is 6. The largest absolute Gasteiger partial charge is 0.360 e. The molecule has 1 fully saturated rings. The maximum Gasteiger partial charge on any atom is 0.248 e. The quantitative estimate of drug-likeness (QED) is 0.626. The smallest absolute Gasteiger partial charge is 0.248 e. The van der Waals surface area contributed by atoms with Crippen molar-refractivity contribution < 1.29 is 12.9 Å². The van der Waals surface area contributed by atoms with Gasteiger partial charge in [-0.05, 0) is 50.6 Å². The van der Waals surface area contributed by atoms with Crippen LogP contribution in [0.25, 0.3) is 10.9 Å². The molecule has 0 aliphatic carbocycles. The van der Waals surface area contributed by atoms with Gasteiger partial charge in [-0.1, -0.05) is 22.8 Å². The summed E-state index contributed by atoms with van der Waals surface area (Å²) in [4.78, 5) is 6.96. The summed E-state index contributed by atoms with van der Waals surface area (Å²) in [6.45, 7) is 6.34. The lowest BCUT2D eigenvalue weighted by Gasteiger charge is -2.22. The van der Waals surface area contributed by atoms with Crippen LogP contribution < -0.4 is 0 Å². The highest BCUT2D eigenvalue weighted by molar-refractivity contribution is 7.89. The van der Waals surface area contributed by atoms with Crippen LogP contribution in [-0.2, 0) is 16.6 Å². The highest BCUT2D eigenvalue weighted by atomic mass is 35.5. The molecule has 1 aliphatic rings. The fourth-order valence-corrected chi connectivity index (χ4v) is 5.86. The third kappa shape index (κ3) is 3.90. The molecule has 0 N–H and O–H groups in total. The van der Waals surface area contributed by atoms with Gasteiger partial charge in [0.05, 0.1) is 5.52 Å². The first-order chi connectivity index (χ1) is 13.9. The molecule has 0 radical (unpaired) electrons. The second-order valence-electron chi connectivity index (χ2n) is 7.29. The zero-order chi connectivity index (χ0) is 20.6. The number of nitrogens with zero attached hydrogens (tertiary/aromatic N) is 4. The van der Waals surface area contributed by atoms with E-state index in [1.165, 1.54) is 4.31 Å². The molecule has 4 rings (SSSR count). The molecule has 0 saturated carbocycles. The lowest BCUT2D eigenvalue weighted by atomic mass is 10.1. The van der Waals surface area contributed by atoms with Crippen molar-refractivity contribution in [2.75, 3.05) is 26.2 Å². The summed E-state index contributed by atoms with van der Waals surface area (Å²) in [6, 6.07) is 7.74. The Hall–Kier alpha value is -2.00. The molecule has 1 saturated heterocycles. The van der Waals surface area contributed by atoms with Gasteiger partial charge < -0.3 is 4.52 Å². The van der Waals surface area contributed by atoms with Gasteiger partial charge in [-0.15, -0.1) is 0 Å². The van der Waals surface area contributed by atoms with Crippen LogP contribution in [0.1, 0.15) is 23.4 Å². The van der Waals surface area contributed by atoms with Crippen LogP contribution >= 0.6 is 11.6 Å². The molecule has 7 nitrogen and oxygen atoms in total. The Labute approximate surface area is 175 Å². The Kier molecular flexibility index (Phi) is 5.61. The molecule has 154 valence electrons. The first-order valence-corrected chi connectivity index (χ1v) is 11.4. The molecule has 1 aliphatic heterocycles. The number of sulfonamides is 1. The molecular formula is C20H23ClN4O3S. The van der Waals surface area contributed by atoms with Crippen molar-refractivity contribution in [1.82, 2.24) is 19.3 Å². The number of rotatable bonds is 4. The van der Waals surface area contributed by atoms with Crippen molar-refractivity contribution in [2.24, 2.45) is 0 Å². The van der Waals surface area contributed by atoms with Crippen LogP contribution in [0.15, 0.2) is 39.9 Å². The van der Waals surface area contributed by atoms with Crippen LogP contribution in [0, 0.1) is 13.8 Å².